The number of aryl methyl sites for hydroxylation is 4. The van der Waals surface area contributed by atoms with Crippen LogP contribution >= 0.6 is 48.9 Å². The average molecular weight is 1760 g/mol. The summed E-state index contributed by atoms with van der Waals surface area (Å²) >= 11 is 20.1. The van der Waals surface area contributed by atoms with Crippen LogP contribution in [-0.4, -0.2) is 82.5 Å². The van der Waals surface area contributed by atoms with E-state index in [1.807, 2.05) is 43.3 Å². The second-order valence-electron chi connectivity index (χ2n) is 39.4. The molecule has 0 spiro atoms. The van der Waals surface area contributed by atoms with E-state index in [0.29, 0.717) is 66.6 Å². The zero-order valence-electron chi connectivity index (χ0n) is 76.5. The van der Waals surface area contributed by atoms with Gasteiger partial charge in [-0.15, -0.1) is 0 Å². The molecule has 0 radical (unpaired) electrons. The number of ether oxygens (including phenoxy) is 4. The highest BCUT2D eigenvalue weighted by Crippen LogP contribution is 2.54. The van der Waals surface area contributed by atoms with E-state index in [1.54, 1.807) is 58.9 Å². The molecule has 23 heteroatoms. The topological polar surface area (TPSA) is 227 Å². The van der Waals surface area contributed by atoms with Gasteiger partial charge in [-0.1, -0.05) is 141 Å². The Morgan fingerprint density at radius 2 is 0.656 bits per heavy atom. The van der Waals surface area contributed by atoms with Gasteiger partial charge >= 0.3 is 0 Å². The number of aromatic nitrogens is 2. The van der Waals surface area contributed by atoms with Gasteiger partial charge in [-0.05, 0) is 357 Å². The van der Waals surface area contributed by atoms with Gasteiger partial charge in [0.1, 0.15) is 51.5 Å². The minimum atomic E-state index is -0.430. The number of benzene rings is 6. The Balaban J connectivity index is 0.000000143. The smallest absolute Gasteiger partial charge is 0.273 e. The molecule has 6 heterocycles. The van der Waals surface area contributed by atoms with Gasteiger partial charge in [0.15, 0.2) is 20.4 Å². The zero-order valence-corrected chi connectivity index (χ0v) is 79.7. The molecule has 4 aliphatic heterocycles. The van der Waals surface area contributed by atoms with Crippen LogP contribution in [0.4, 0.5) is 4.39 Å². The van der Waals surface area contributed by atoms with Gasteiger partial charge in [-0.25, -0.2) is 14.4 Å². The molecule has 125 heavy (non-hydrogen) atoms. The summed E-state index contributed by atoms with van der Waals surface area (Å²) in [7, 11) is 6.53. The van der Waals surface area contributed by atoms with Crippen molar-refractivity contribution in [1.82, 2.24) is 52.5 Å². The van der Waals surface area contributed by atoms with E-state index in [2.05, 4.69) is 234 Å². The van der Waals surface area contributed by atoms with E-state index < -0.39 is 5.82 Å². The lowest BCUT2D eigenvalue weighted by Crippen LogP contribution is -2.34. The maximum atomic E-state index is 15.9. The van der Waals surface area contributed by atoms with E-state index in [4.69, 9.17) is 72.8 Å². The second kappa shape index (κ2) is 34.5. The first-order valence-corrected chi connectivity index (χ1v) is 44.3. The van der Waals surface area contributed by atoms with Crippen LogP contribution in [0, 0.1) is 33.5 Å². The van der Waals surface area contributed by atoms with E-state index in [1.165, 1.54) is 93.0 Å². The minimum Gasteiger partial charge on any atom is -0.496 e. The molecular weight excluding hydrogens is 1640 g/mol. The number of thiocarbonyl (C=S) groups is 4. The number of carbonyl (C=O) groups excluding carboxylic acids is 4. The first-order valence-electron chi connectivity index (χ1n) is 42.6. The van der Waals surface area contributed by atoms with E-state index in [0.717, 1.165) is 87.2 Å². The fourth-order valence-corrected chi connectivity index (χ4v) is 19.3. The molecule has 0 bridgehead atoms. The molecule has 4 amide bonds. The molecule has 4 aliphatic carbocycles. The maximum Gasteiger partial charge on any atom is 0.273 e. The van der Waals surface area contributed by atoms with Gasteiger partial charge in [0.05, 0.1) is 39.7 Å². The largest absolute Gasteiger partial charge is 0.496 e. The number of carbonyl (C=O) groups is 4. The molecule has 0 atom stereocenters. The predicted octanol–water partition coefficient (Wildman–Crippen LogP) is 20.4. The number of pyridine rings is 2. The number of nitrogens with zero attached hydrogens (tertiary/aromatic N) is 2. The molecule has 4 fully saturated rings. The normalized spacial score (nSPS) is 20.2. The van der Waals surface area contributed by atoms with Gasteiger partial charge in [-0.2, -0.15) is 0 Å². The molecule has 4 saturated heterocycles. The Morgan fingerprint density at radius 3 is 1.04 bits per heavy atom. The van der Waals surface area contributed by atoms with Gasteiger partial charge in [-0.3, -0.25) is 40.4 Å². The second-order valence-corrected chi connectivity index (χ2v) is 41.0. The van der Waals surface area contributed by atoms with Gasteiger partial charge in [0.25, 0.3) is 23.6 Å². The van der Waals surface area contributed by atoms with Crippen molar-refractivity contribution in [2.75, 3.05) is 28.4 Å². The van der Waals surface area contributed by atoms with E-state index >= 15 is 4.39 Å². The monoisotopic (exact) mass is 1760 g/mol. The Kier molecular flexibility index (Phi) is 25.3. The number of halogens is 1. The lowest BCUT2D eigenvalue weighted by atomic mass is 9.62. The Morgan fingerprint density at radius 1 is 0.336 bits per heavy atom. The number of fused-ring (bicyclic) bond motifs is 4. The van der Waals surface area contributed by atoms with Crippen molar-refractivity contribution in [2.45, 2.75) is 233 Å². The lowest BCUT2D eigenvalue weighted by Gasteiger charge is -2.42. The number of hydrogen-bond donors (Lipinski definition) is 8. The Hall–Kier alpha value is -10.9. The minimum absolute atomic E-state index is 0.00183. The van der Waals surface area contributed by atoms with Gasteiger partial charge in [0, 0.05) is 28.5 Å². The molecular formula is C102H117FN10O8S4. The maximum absolute atomic E-state index is 15.9. The molecule has 8 aromatic rings. The van der Waals surface area contributed by atoms with Gasteiger partial charge in [0.2, 0.25) is 5.88 Å². The van der Waals surface area contributed by atoms with Crippen LogP contribution < -0.4 is 61.5 Å². The standard InChI is InChI=1S/C26H29FN2O2S.C26H30N2O2S.2C25H29N3O2S/c1-14-11-17-18(26(4,5)10-9-25(17,2)3)13-16(14)21-20(31-6)8-7-15(22(21)27)12-19-23(30)29-24(32)28-19;1-15-11-19-20(26(4,5)10-9-25(19,2)3)14-17(15)18-12-16(7-8-22(18)30-6)13-21-23(29)28-24(31)27-21;1-14-9-18-19(25(4,5)8-7-24(18,2)3)12-16(14)17-10-15(13-26-22(17)30-6)11-20-21(29)28-23(31)27-20;1-14-11-17-18(25(4,5)10-9-24(17,2)3)13-16(14)21-20(30-6)8-7-15(26-21)12-19-22(29)28-23(31)27-19/h7-8,11-13H,9-10H2,1-6H3,(H2,28,29,30,32);7-8,11-14H,9-10H2,1-6H3,(H2,27,28,29,31);9-13H,7-8H2,1-6H3,(H2,27,28,29,31);7-8,11-13H,9-10H2,1-6H3,(H2,27,28,29,31)/b19-12-;21-13-;20-11-;19-12-. The third-order valence-corrected chi connectivity index (χ3v) is 27.5. The first kappa shape index (κ1) is 91.8. The number of rotatable bonds is 12. The van der Waals surface area contributed by atoms with Crippen molar-refractivity contribution in [2.24, 2.45) is 0 Å². The highest BCUT2D eigenvalue weighted by Gasteiger charge is 2.43. The molecule has 0 saturated carbocycles. The predicted molar refractivity (Wildman–Crippen MR) is 517 cm³/mol. The Labute approximate surface area is 757 Å². The summed E-state index contributed by atoms with van der Waals surface area (Å²) in [6.45, 7) is 45.5. The molecule has 8 N–H and O–H groups in total. The van der Waals surface area contributed by atoms with Crippen molar-refractivity contribution in [3.05, 3.63) is 221 Å². The van der Waals surface area contributed by atoms with Crippen molar-refractivity contribution >= 4 is 117 Å². The average Bonchev–Trinajstić information content (AvgIpc) is 1.73. The summed E-state index contributed by atoms with van der Waals surface area (Å²) < 4.78 is 38.5. The quantitative estimate of drug-likeness (QED) is 0.0420. The van der Waals surface area contributed by atoms with Crippen LogP contribution in [0.1, 0.15) is 251 Å². The molecule has 2 aromatic heterocycles. The number of nitrogens with one attached hydrogen (secondary N) is 8. The number of amides is 4. The highest BCUT2D eigenvalue weighted by molar-refractivity contribution is 7.81. The van der Waals surface area contributed by atoms with Crippen LogP contribution in [0.25, 0.3) is 68.9 Å². The molecule has 18 nitrogen and oxygen atoms in total. The van der Waals surface area contributed by atoms with Crippen LogP contribution in [0.15, 0.2) is 126 Å². The third-order valence-electron chi connectivity index (χ3n) is 26.7. The van der Waals surface area contributed by atoms with E-state index in [-0.39, 0.29) is 77.8 Å². The molecule has 654 valence electrons. The number of hydrogen-bond acceptors (Lipinski definition) is 14. The van der Waals surface area contributed by atoms with Gasteiger partial charge < -0.3 is 40.2 Å². The van der Waals surface area contributed by atoms with Crippen LogP contribution in [0.5, 0.6) is 23.1 Å². The molecule has 8 aliphatic rings. The van der Waals surface area contributed by atoms with Crippen molar-refractivity contribution in [3.63, 3.8) is 0 Å². The summed E-state index contributed by atoms with van der Waals surface area (Å²) in [6, 6.07) is 33.4. The molecule has 0 unspecified atom stereocenters. The summed E-state index contributed by atoms with van der Waals surface area (Å²) in [5.41, 5.74) is 27.9. The van der Waals surface area contributed by atoms with E-state index in [9.17, 15) is 19.2 Å². The first-order chi connectivity index (χ1) is 58.5. The zero-order chi connectivity index (χ0) is 91.1. The van der Waals surface area contributed by atoms with Crippen LogP contribution in [0.2, 0.25) is 0 Å². The summed E-state index contributed by atoms with van der Waals surface area (Å²) in [6.07, 6.45) is 17.6. The van der Waals surface area contributed by atoms with Crippen molar-refractivity contribution in [1.29, 1.82) is 0 Å². The summed E-state index contributed by atoms with van der Waals surface area (Å²) in [4.78, 5) is 57.6. The van der Waals surface area contributed by atoms with Crippen molar-refractivity contribution in [3.8, 4) is 67.8 Å². The summed E-state index contributed by atoms with van der Waals surface area (Å²) in [5, 5.41) is 22.9. The third kappa shape index (κ3) is 18.7. The van der Waals surface area contributed by atoms with Crippen molar-refractivity contribution < 1.29 is 42.5 Å². The van der Waals surface area contributed by atoms with Crippen LogP contribution in [-0.2, 0) is 62.5 Å². The summed E-state index contributed by atoms with van der Waals surface area (Å²) in [5.74, 6) is 1.04. The SMILES string of the molecule is COc1ccc(/C=C2\NC(=S)NC2=O)c(F)c1-c1cc2c(cc1C)C(C)(C)CCC2(C)C.COc1ccc(/C=C2\NC(=S)NC2=O)cc1-c1cc2c(cc1C)C(C)(C)CCC2(C)C.COc1ccc(/C=C2\NC(=S)NC2=O)nc1-c1cc2c(cc1C)C(C)(C)CCC2(C)C.COc1ncc(/C=C2\NC(=S)NC2=O)cc1-c1cc2c(cc1C)C(C)(C)CCC2(C)C. The van der Waals surface area contributed by atoms with Crippen LogP contribution in [0.3, 0.4) is 0 Å². The molecule has 6 aromatic carbocycles. The Bertz CT molecular complexity index is 5590. The highest BCUT2D eigenvalue weighted by atomic mass is 32.1. The lowest BCUT2D eigenvalue weighted by molar-refractivity contribution is -0.116. The fourth-order valence-electron chi connectivity index (χ4n) is 18.5. The fraction of sp³-hybridized carbons (Fsp3) is 0.392. The molecule has 16 rings (SSSR count). The number of methoxy groups -OCH3 is 4.